The highest BCUT2D eigenvalue weighted by molar-refractivity contribution is 4.97. The van der Waals surface area contributed by atoms with Crippen LogP contribution in [0.15, 0.2) is 12.4 Å². The molecule has 0 amide bonds. The predicted octanol–water partition coefficient (Wildman–Crippen LogP) is 19.4. The molecule has 0 aromatic heterocycles. The molecule has 334 valence electrons. The molecule has 1 aliphatic rings. The van der Waals surface area contributed by atoms with Gasteiger partial charge in [0.05, 0.1) is 0 Å². The first-order chi connectivity index (χ1) is 27.8. The lowest BCUT2D eigenvalue weighted by Crippen LogP contribution is -2.39. The highest BCUT2D eigenvalue weighted by Gasteiger charge is 2.25. The van der Waals surface area contributed by atoms with Crippen LogP contribution in [-0.2, 0) is 0 Å². The minimum Gasteiger partial charge on any atom is -0.356 e. The van der Waals surface area contributed by atoms with Gasteiger partial charge in [-0.3, -0.25) is 0 Å². The molecule has 0 saturated heterocycles. The maximum Gasteiger partial charge on any atom is 0.101 e. The van der Waals surface area contributed by atoms with Gasteiger partial charge in [-0.05, 0) is 25.7 Å². The number of hydrogen-bond acceptors (Lipinski definition) is 2. The van der Waals surface area contributed by atoms with Crippen molar-refractivity contribution >= 4 is 0 Å². The van der Waals surface area contributed by atoms with Crippen molar-refractivity contribution in [1.29, 1.82) is 0 Å². The molecular formula is C54H108N2. The van der Waals surface area contributed by atoms with Crippen LogP contribution in [0.1, 0.15) is 316 Å². The van der Waals surface area contributed by atoms with E-state index >= 15 is 0 Å². The van der Waals surface area contributed by atoms with Crippen molar-refractivity contribution < 1.29 is 0 Å². The van der Waals surface area contributed by atoms with Crippen molar-refractivity contribution in [3.8, 4) is 0 Å². The number of rotatable bonds is 48. The molecule has 0 unspecified atom stereocenters. The van der Waals surface area contributed by atoms with Gasteiger partial charge in [-0.25, -0.2) is 0 Å². The highest BCUT2D eigenvalue weighted by atomic mass is 15.4. The van der Waals surface area contributed by atoms with Gasteiger partial charge in [-0.15, -0.1) is 0 Å². The minimum atomic E-state index is 0.635. The first kappa shape index (κ1) is 53.4. The van der Waals surface area contributed by atoms with Gasteiger partial charge in [-0.2, -0.15) is 0 Å². The molecule has 0 bridgehead atoms. The third-order valence-electron chi connectivity index (χ3n) is 13.3. The van der Waals surface area contributed by atoms with Crippen LogP contribution in [0.2, 0.25) is 0 Å². The Balaban J connectivity index is 2.19. The quantitative estimate of drug-likeness (QED) is 0.0567. The topological polar surface area (TPSA) is 6.48 Å². The van der Waals surface area contributed by atoms with Crippen LogP contribution in [0.4, 0.5) is 0 Å². The van der Waals surface area contributed by atoms with Gasteiger partial charge in [0.1, 0.15) is 6.17 Å². The fraction of sp³-hybridized carbons (Fsp3) is 0.963. The molecule has 0 aliphatic carbocycles. The van der Waals surface area contributed by atoms with E-state index in [-0.39, 0.29) is 0 Å². The zero-order valence-electron chi connectivity index (χ0n) is 39.6. The second-order valence-corrected chi connectivity index (χ2v) is 18.9. The van der Waals surface area contributed by atoms with E-state index < -0.39 is 0 Å². The van der Waals surface area contributed by atoms with Crippen LogP contribution >= 0.6 is 0 Å². The fourth-order valence-electron chi connectivity index (χ4n) is 9.37. The highest BCUT2D eigenvalue weighted by Crippen LogP contribution is 2.24. The average molecular weight is 785 g/mol. The Morgan fingerprint density at radius 2 is 0.411 bits per heavy atom. The summed E-state index contributed by atoms with van der Waals surface area (Å²) in [6.45, 7) is 9.50. The molecule has 0 spiro atoms. The summed E-state index contributed by atoms with van der Waals surface area (Å²) in [6.07, 6.45) is 72.3. The van der Waals surface area contributed by atoms with Crippen molar-refractivity contribution in [2.24, 2.45) is 0 Å². The van der Waals surface area contributed by atoms with Crippen LogP contribution in [0.5, 0.6) is 0 Å². The Bertz CT molecular complexity index is 705. The fourth-order valence-corrected chi connectivity index (χ4v) is 9.37. The molecule has 2 nitrogen and oxygen atoms in total. The van der Waals surface area contributed by atoms with Gasteiger partial charge in [0.25, 0.3) is 0 Å². The molecule has 0 saturated carbocycles. The van der Waals surface area contributed by atoms with E-state index in [9.17, 15) is 0 Å². The summed E-state index contributed by atoms with van der Waals surface area (Å²) in [7, 11) is 0. The lowest BCUT2D eigenvalue weighted by atomic mass is 10.0. The first-order valence-corrected chi connectivity index (χ1v) is 27.0. The SMILES string of the molecule is CCCCCCCCCCCCCCCCCCCC1N(CCCCCCCCCCCCCCCC)C=CN1CCCCCCCCCCCCCCCC. The zero-order chi connectivity index (χ0) is 40.1. The largest absolute Gasteiger partial charge is 0.356 e. The van der Waals surface area contributed by atoms with Crippen LogP contribution in [0, 0.1) is 0 Å². The van der Waals surface area contributed by atoms with Crippen LogP contribution in [0.25, 0.3) is 0 Å². The molecule has 2 heteroatoms. The van der Waals surface area contributed by atoms with E-state index in [0.717, 1.165) is 0 Å². The summed E-state index contributed by atoms with van der Waals surface area (Å²) in [5.41, 5.74) is 0. The van der Waals surface area contributed by atoms with Gasteiger partial charge in [0.15, 0.2) is 0 Å². The van der Waals surface area contributed by atoms with E-state index in [1.807, 2.05) is 0 Å². The lowest BCUT2D eigenvalue weighted by Gasteiger charge is -2.33. The van der Waals surface area contributed by atoms with E-state index in [1.54, 1.807) is 0 Å². The summed E-state index contributed by atoms with van der Waals surface area (Å²) in [5.74, 6) is 0. The molecule has 0 fully saturated rings. The zero-order valence-corrected chi connectivity index (χ0v) is 39.6. The summed E-state index contributed by atoms with van der Waals surface area (Å²) in [6, 6.07) is 0. The lowest BCUT2D eigenvalue weighted by molar-refractivity contribution is 0.135. The van der Waals surface area contributed by atoms with Crippen molar-refractivity contribution in [1.82, 2.24) is 9.80 Å². The van der Waals surface area contributed by atoms with E-state index in [1.165, 1.54) is 308 Å². The van der Waals surface area contributed by atoms with Crippen molar-refractivity contribution in [3.05, 3.63) is 12.4 Å². The van der Waals surface area contributed by atoms with E-state index in [0.29, 0.717) is 6.17 Å². The molecule has 0 radical (unpaired) electrons. The molecule has 0 atom stereocenters. The molecule has 0 N–H and O–H groups in total. The normalized spacial score (nSPS) is 13.3. The monoisotopic (exact) mass is 785 g/mol. The Hall–Kier alpha value is -0.660. The summed E-state index contributed by atoms with van der Waals surface area (Å²) < 4.78 is 0. The number of unbranched alkanes of at least 4 members (excludes halogenated alkanes) is 42. The molecule has 1 heterocycles. The van der Waals surface area contributed by atoms with Gasteiger partial charge in [0, 0.05) is 25.5 Å². The molecule has 1 aliphatic heterocycles. The van der Waals surface area contributed by atoms with Gasteiger partial charge >= 0.3 is 0 Å². The average Bonchev–Trinajstić information content (AvgIpc) is 3.59. The molecule has 1 rings (SSSR count). The van der Waals surface area contributed by atoms with Crippen molar-refractivity contribution in [3.63, 3.8) is 0 Å². The van der Waals surface area contributed by atoms with Crippen LogP contribution in [-0.4, -0.2) is 29.1 Å². The Kier molecular flexibility index (Phi) is 43.3. The van der Waals surface area contributed by atoms with Crippen LogP contribution < -0.4 is 0 Å². The summed E-state index contributed by atoms with van der Waals surface area (Å²) in [5, 5.41) is 0. The van der Waals surface area contributed by atoms with E-state index in [2.05, 4.69) is 43.0 Å². The summed E-state index contributed by atoms with van der Waals surface area (Å²) in [4.78, 5) is 5.49. The number of nitrogens with zero attached hydrogens (tertiary/aromatic N) is 2. The van der Waals surface area contributed by atoms with Crippen molar-refractivity contribution in [2.45, 2.75) is 322 Å². The van der Waals surface area contributed by atoms with Gasteiger partial charge in [-0.1, -0.05) is 290 Å². The molecule has 0 aromatic carbocycles. The van der Waals surface area contributed by atoms with Gasteiger partial charge < -0.3 is 9.80 Å². The molecule has 56 heavy (non-hydrogen) atoms. The predicted molar refractivity (Wildman–Crippen MR) is 256 cm³/mol. The second kappa shape index (κ2) is 45.4. The van der Waals surface area contributed by atoms with Gasteiger partial charge in [0.2, 0.25) is 0 Å². The minimum absolute atomic E-state index is 0.635. The van der Waals surface area contributed by atoms with E-state index in [4.69, 9.17) is 0 Å². The smallest absolute Gasteiger partial charge is 0.101 e. The molecular weight excluding hydrogens is 677 g/mol. The second-order valence-electron chi connectivity index (χ2n) is 18.9. The maximum atomic E-state index is 2.75. The third kappa shape index (κ3) is 36.4. The standard InChI is InChI=1S/C54H108N2/c1-4-7-10-13-16-19-22-25-28-29-30-31-34-37-40-43-46-49-54-55(50-47-44-41-38-35-32-26-23-20-17-14-11-8-5-2)52-53-56(54)51-48-45-42-39-36-33-27-24-21-18-15-12-9-6-3/h52-54H,4-51H2,1-3H3. The maximum absolute atomic E-state index is 2.75. The van der Waals surface area contributed by atoms with Crippen LogP contribution in [0.3, 0.4) is 0 Å². The Morgan fingerprint density at radius 1 is 0.232 bits per heavy atom. The first-order valence-electron chi connectivity index (χ1n) is 27.0. The Morgan fingerprint density at radius 3 is 0.625 bits per heavy atom. The summed E-state index contributed by atoms with van der Waals surface area (Å²) >= 11 is 0. The number of hydrogen-bond donors (Lipinski definition) is 0. The Labute approximate surface area is 356 Å². The third-order valence-corrected chi connectivity index (χ3v) is 13.3. The molecule has 0 aromatic rings. The van der Waals surface area contributed by atoms with Crippen molar-refractivity contribution in [2.75, 3.05) is 13.1 Å².